The minimum Gasteiger partial charge on any atom is -0.394 e. The van der Waals surface area contributed by atoms with E-state index in [0.717, 1.165) is 43.9 Å². The van der Waals surface area contributed by atoms with Crippen molar-refractivity contribution >= 4 is 53.4 Å². The highest BCUT2D eigenvalue weighted by atomic mass is 16.5. The summed E-state index contributed by atoms with van der Waals surface area (Å²) >= 11 is 0. The number of piperidine rings is 1. The number of benzene rings is 1. The summed E-state index contributed by atoms with van der Waals surface area (Å²) in [7, 11) is 4.50. The zero-order chi connectivity index (χ0) is 54.1. The molecule has 18 nitrogen and oxygen atoms in total. The first-order valence-corrected chi connectivity index (χ1v) is 20.7. The molecule has 0 aromatic heterocycles. The molecule has 1 aromatic rings. The lowest BCUT2D eigenvalue weighted by molar-refractivity contribution is -0.129. The average Bonchev–Trinajstić information content (AvgIpc) is 3.31. The highest BCUT2D eigenvalue weighted by Crippen LogP contribution is 2.07. The highest BCUT2D eigenvalue weighted by molar-refractivity contribution is 5.73. The van der Waals surface area contributed by atoms with E-state index in [2.05, 4.69) is 131 Å². The number of nitrogens with zero attached hydrogens (tertiary/aromatic N) is 1. The van der Waals surface area contributed by atoms with Gasteiger partial charge in [-0.15, -0.1) is 0 Å². The molecule has 18 heteroatoms. The Kier molecular flexibility index (Phi) is 287. The Morgan fingerprint density at radius 3 is 0.879 bits per heavy atom. The van der Waals surface area contributed by atoms with Crippen molar-refractivity contribution in [3.8, 4) is 0 Å². The second kappa shape index (κ2) is 152. The Labute approximate surface area is 409 Å². The second-order valence-electron chi connectivity index (χ2n) is 13.4. The van der Waals surface area contributed by atoms with Crippen molar-refractivity contribution in [2.24, 2.45) is 35.0 Å². The fraction of sp³-hybridized carbons (Fsp3) is 0.708. The number of amides is 1. The van der Waals surface area contributed by atoms with Gasteiger partial charge in [-0.05, 0) is 112 Å². The molecule has 0 spiro atoms. The van der Waals surface area contributed by atoms with E-state index in [1.807, 2.05) is 65.4 Å². The van der Waals surface area contributed by atoms with E-state index in [0.29, 0.717) is 0 Å². The fourth-order valence-corrected chi connectivity index (χ4v) is 2.36. The lowest BCUT2D eigenvalue weighted by atomic mass is 10.1. The molecule has 0 atom stereocenters. The van der Waals surface area contributed by atoms with Crippen LogP contribution in [-0.4, -0.2) is 116 Å². The third-order valence-electron chi connectivity index (χ3n) is 5.26. The molecule has 412 valence electrons. The number of aliphatic hydroxyl groups excluding tert-OH is 1. The van der Waals surface area contributed by atoms with Gasteiger partial charge in [0.2, 0.25) is 5.91 Å². The highest BCUT2D eigenvalue weighted by Gasteiger charge is 2.11. The Morgan fingerprint density at radius 2 is 0.788 bits per heavy atom. The van der Waals surface area contributed by atoms with Crippen molar-refractivity contribution < 1.29 is 48.2 Å². The van der Waals surface area contributed by atoms with Crippen LogP contribution in [0.3, 0.4) is 0 Å². The molecule has 0 bridgehead atoms. The topological polar surface area (TPSA) is 387 Å². The van der Waals surface area contributed by atoms with Gasteiger partial charge in [-0.1, -0.05) is 112 Å². The first-order valence-electron chi connectivity index (χ1n) is 20.7. The summed E-state index contributed by atoms with van der Waals surface area (Å²) in [5.74, 6) is 2.83. The van der Waals surface area contributed by atoms with Gasteiger partial charge in [0.25, 0.3) is 0 Å². The van der Waals surface area contributed by atoms with Crippen LogP contribution in [0.15, 0.2) is 30.3 Å². The van der Waals surface area contributed by atoms with Gasteiger partial charge in [0.05, 0.1) is 5.60 Å². The molecule has 19 N–H and O–H groups in total. The normalized spacial score (nSPS) is 8.33. The van der Waals surface area contributed by atoms with Gasteiger partial charge < -0.3 is 90.1 Å². The fourth-order valence-electron chi connectivity index (χ4n) is 2.36. The maximum Gasteiger partial charge on any atom is 0.219 e. The number of ether oxygens (including phenoxy) is 1. The van der Waals surface area contributed by atoms with Crippen LogP contribution in [0, 0.1) is 17.8 Å². The summed E-state index contributed by atoms with van der Waals surface area (Å²) in [4.78, 5) is 68.6. The van der Waals surface area contributed by atoms with E-state index < -0.39 is 0 Å². The maximum atomic E-state index is 10.7. The summed E-state index contributed by atoms with van der Waals surface area (Å²) in [6.45, 7) is 52.0. The van der Waals surface area contributed by atoms with E-state index >= 15 is 0 Å². The second-order valence-corrected chi connectivity index (χ2v) is 13.4. The van der Waals surface area contributed by atoms with Crippen molar-refractivity contribution in [3.63, 3.8) is 0 Å². The first-order chi connectivity index (χ1) is 29.3. The molecule has 1 aliphatic rings. The van der Waals surface area contributed by atoms with Crippen LogP contribution in [0.25, 0.3) is 0 Å². The molecule has 66 heavy (non-hydrogen) atoms. The zero-order valence-corrected chi connectivity index (χ0v) is 47.1. The van der Waals surface area contributed by atoms with Gasteiger partial charge in [0.1, 0.15) is 47.5 Å². The molecule has 1 aliphatic heterocycles. The van der Waals surface area contributed by atoms with Gasteiger partial charge in [0, 0.05) is 32.7 Å². The smallest absolute Gasteiger partial charge is 0.219 e. The molecular formula is C48H120N8O10. The third kappa shape index (κ3) is 309. The van der Waals surface area contributed by atoms with Crippen molar-refractivity contribution in [1.29, 1.82) is 0 Å². The molecule has 2 rings (SSSR count). The molecule has 0 radical (unpaired) electrons. The van der Waals surface area contributed by atoms with Crippen LogP contribution in [0.2, 0.25) is 0 Å². The summed E-state index contributed by atoms with van der Waals surface area (Å²) in [6, 6.07) is 10.5. The summed E-state index contributed by atoms with van der Waals surface area (Å²) in [5.41, 5.74) is 15.0. The van der Waals surface area contributed by atoms with Crippen LogP contribution in [-0.2, 0) is 49.5 Å². The number of aryl methyl sites for hydroxylation is 1. The molecule has 0 aliphatic carbocycles. The van der Waals surface area contributed by atoms with Crippen LogP contribution < -0.4 is 41.8 Å². The molecule has 0 saturated carbocycles. The van der Waals surface area contributed by atoms with E-state index in [1.165, 1.54) is 58.8 Å². The van der Waals surface area contributed by atoms with Crippen LogP contribution in [0.4, 0.5) is 0 Å². The van der Waals surface area contributed by atoms with Gasteiger partial charge in [-0.2, -0.15) is 0 Å². The maximum absolute atomic E-state index is 10.7. The van der Waals surface area contributed by atoms with E-state index in [4.69, 9.17) is 43.4 Å². The number of nitrogens with two attached hydrogens (primary N) is 3. The summed E-state index contributed by atoms with van der Waals surface area (Å²) in [5, 5.41) is 8.06. The largest absolute Gasteiger partial charge is 0.394 e. The molecule has 1 aromatic carbocycles. The zero-order valence-electron chi connectivity index (χ0n) is 47.1. The van der Waals surface area contributed by atoms with Crippen LogP contribution in [0.1, 0.15) is 155 Å². The molecule has 1 heterocycles. The minimum absolute atomic E-state index is 0. The number of likely N-dealkylation sites (tertiary alicyclic amines) is 1. The number of aliphatic hydroxyl groups is 1. The Morgan fingerprint density at radius 1 is 0.576 bits per heavy atom. The van der Waals surface area contributed by atoms with E-state index in [-0.39, 0.29) is 42.2 Å². The molecule has 1 saturated heterocycles. The number of carbonyl (C=O) groups is 8. The average molecular weight is 970 g/mol. The van der Waals surface area contributed by atoms with Gasteiger partial charge >= 0.3 is 0 Å². The number of hydrogen-bond acceptors (Lipinski definition) is 17. The molecule has 1 fully saturated rings. The Hall–Kier alpha value is -3.98. The molecular weight excluding hydrogens is 849 g/mol. The van der Waals surface area contributed by atoms with Crippen molar-refractivity contribution in [3.05, 3.63) is 35.9 Å². The molecule has 0 unspecified atom stereocenters. The molecule has 1 amide bonds. The minimum atomic E-state index is -0.167. The standard InChI is InChI=1S/C8H10.C7H13NO.C6H14O.2C5H12.C4H10.C3H8O.3CH5N.7CH2O.4H3N/c1-2-8-6-4-3-5-7-8;1-7(9)8-5-3-2-4-6-8;1-5-7-6(2,3)4;2*1-4-5(2)3;1-4(2)3;1-3(2)4;10*1-2;;;;/h3-7H,2H2,1H3;2-6H2,1H3;5H2,1-4H3;2*5H,4H2,1-3H3;4H,1-3H3;3-4H,1-2H3;3*2H2,1H3;7*1H2;4*1H3. The Bertz CT molecular complexity index is 728. The SMILES string of the molecule is C=O.C=O.C=O.C=O.C=O.C=O.C=O.CC(=O)N1CCCCC1.CC(C)C.CC(C)O.CCC(C)C.CCC(C)C.CCOC(C)(C)C.CCc1ccccc1.CN.CN.CN.N.N.N.N. The number of rotatable bonds is 4. The summed E-state index contributed by atoms with van der Waals surface area (Å²) in [6.07, 6.45) is 7.27. The first kappa shape index (κ1) is 125. The van der Waals surface area contributed by atoms with Crippen LogP contribution >= 0.6 is 0 Å². The number of hydrogen-bond donors (Lipinski definition) is 8. The van der Waals surface area contributed by atoms with Crippen molar-refractivity contribution in [2.75, 3.05) is 40.8 Å². The van der Waals surface area contributed by atoms with Gasteiger partial charge in [-0.25, -0.2) is 0 Å². The lowest BCUT2D eigenvalue weighted by Crippen LogP contribution is -2.33. The number of carbonyl (C=O) groups excluding carboxylic acids is 8. The van der Waals surface area contributed by atoms with Gasteiger partial charge in [0.15, 0.2) is 0 Å². The monoisotopic (exact) mass is 969 g/mol. The van der Waals surface area contributed by atoms with Crippen LogP contribution in [0.5, 0.6) is 0 Å². The van der Waals surface area contributed by atoms with Gasteiger partial charge in [-0.3, -0.25) is 4.79 Å². The van der Waals surface area contributed by atoms with E-state index in [9.17, 15) is 4.79 Å². The van der Waals surface area contributed by atoms with Crippen molar-refractivity contribution in [2.45, 2.75) is 168 Å². The predicted molar refractivity (Wildman–Crippen MR) is 292 cm³/mol. The quantitative estimate of drug-likeness (QED) is 0.139. The third-order valence-corrected chi connectivity index (χ3v) is 5.26. The summed E-state index contributed by atoms with van der Waals surface area (Å²) < 4.78 is 5.23. The predicted octanol–water partition coefficient (Wildman–Crippen LogP) is 9.32. The van der Waals surface area contributed by atoms with Crippen molar-refractivity contribution in [1.82, 2.24) is 29.5 Å². The Balaban J connectivity index is -0.0000000216. The lowest BCUT2D eigenvalue weighted by Gasteiger charge is -2.24. The van der Waals surface area contributed by atoms with E-state index in [1.54, 1.807) is 20.8 Å².